The van der Waals surface area contributed by atoms with Gasteiger partial charge in [0.25, 0.3) is 0 Å². The zero-order chi connectivity index (χ0) is 12.7. The maximum atomic E-state index is 9.93. The second kappa shape index (κ2) is 4.46. The summed E-state index contributed by atoms with van der Waals surface area (Å²) in [4.78, 5) is 0. The summed E-state index contributed by atoms with van der Waals surface area (Å²) in [6.45, 7) is 1.80. The van der Waals surface area contributed by atoms with Crippen LogP contribution in [0.2, 0.25) is 0 Å². The predicted octanol–water partition coefficient (Wildman–Crippen LogP) is -1.40. The van der Waals surface area contributed by atoms with Gasteiger partial charge in [-0.05, 0) is 6.42 Å². The van der Waals surface area contributed by atoms with E-state index in [9.17, 15) is 20.4 Å². The van der Waals surface area contributed by atoms with Crippen LogP contribution in [0.4, 0.5) is 0 Å². The average molecular weight is 248 g/mol. The van der Waals surface area contributed by atoms with Gasteiger partial charge >= 0.3 is 0 Å². The first-order valence-electron chi connectivity index (χ1n) is 5.99. The van der Waals surface area contributed by atoms with Crippen LogP contribution in [0.25, 0.3) is 0 Å². The third-order valence-electron chi connectivity index (χ3n) is 3.85. The third-order valence-corrected chi connectivity index (χ3v) is 3.85. The van der Waals surface area contributed by atoms with Crippen LogP contribution < -0.4 is 0 Å². The van der Waals surface area contributed by atoms with Crippen LogP contribution in [-0.2, 0) is 9.47 Å². The molecule has 0 aromatic heterocycles. The quantitative estimate of drug-likeness (QED) is 0.447. The molecule has 0 radical (unpaired) electrons. The highest BCUT2D eigenvalue weighted by atomic mass is 16.7. The summed E-state index contributed by atoms with van der Waals surface area (Å²) in [5, 5.41) is 38.7. The Morgan fingerprint density at radius 1 is 1.35 bits per heavy atom. The van der Waals surface area contributed by atoms with E-state index in [4.69, 9.17) is 9.47 Å². The molecular formula is C11H20O6. The van der Waals surface area contributed by atoms with Crippen molar-refractivity contribution in [2.24, 2.45) is 5.41 Å². The number of aliphatic hydroxyl groups is 4. The number of unbranched alkanes of at least 4 members (excludes halogenated alkanes) is 1. The van der Waals surface area contributed by atoms with Gasteiger partial charge in [-0.25, -0.2) is 0 Å². The van der Waals surface area contributed by atoms with Gasteiger partial charge in [-0.3, -0.25) is 0 Å². The lowest BCUT2D eigenvalue weighted by Gasteiger charge is -2.35. The van der Waals surface area contributed by atoms with Crippen molar-refractivity contribution in [2.45, 2.75) is 43.9 Å². The number of fused-ring (bicyclic) bond motifs is 1. The molecule has 0 unspecified atom stereocenters. The van der Waals surface area contributed by atoms with E-state index >= 15 is 0 Å². The maximum Gasteiger partial charge on any atom is 0.208 e. The summed E-state index contributed by atoms with van der Waals surface area (Å²) >= 11 is 0. The van der Waals surface area contributed by atoms with Gasteiger partial charge in [0.15, 0.2) is 0 Å². The Kier molecular flexibility index (Phi) is 3.46. The van der Waals surface area contributed by atoms with Crippen LogP contribution >= 0.6 is 0 Å². The molecule has 2 aliphatic rings. The molecule has 0 aromatic rings. The SMILES string of the molecule is CCCCO[C@@]12OC[C@@H](O)[C@H](O)[C@]1(CO)[C@@H]2O. The van der Waals surface area contributed by atoms with Crippen molar-refractivity contribution in [3.63, 3.8) is 0 Å². The number of hydrogen-bond donors (Lipinski definition) is 4. The Bertz CT molecular complexity index is 285. The molecule has 0 bridgehead atoms. The molecule has 1 saturated heterocycles. The zero-order valence-electron chi connectivity index (χ0n) is 9.87. The van der Waals surface area contributed by atoms with Gasteiger partial charge in [-0.15, -0.1) is 0 Å². The van der Waals surface area contributed by atoms with Gasteiger partial charge in [0.1, 0.15) is 17.6 Å². The van der Waals surface area contributed by atoms with Gasteiger partial charge < -0.3 is 29.9 Å². The van der Waals surface area contributed by atoms with Gasteiger partial charge in [0.05, 0.1) is 25.9 Å². The lowest BCUT2D eigenvalue weighted by atomic mass is 9.92. The van der Waals surface area contributed by atoms with Gasteiger partial charge in [-0.2, -0.15) is 0 Å². The first-order chi connectivity index (χ1) is 8.06. The molecule has 1 aliphatic heterocycles. The normalized spacial score (nSPS) is 48.9. The van der Waals surface area contributed by atoms with E-state index in [0.717, 1.165) is 12.8 Å². The molecule has 1 heterocycles. The number of hydrogen-bond acceptors (Lipinski definition) is 6. The Balaban J connectivity index is 2.12. The Labute approximate surface area is 99.8 Å². The van der Waals surface area contributed by atoms with Crippen LogP contribution in [-0.4, -0.2) is 64.3 Å². The molecule has 2 fully saturated rings. The van der Waals surface area contributed by atoms with Crippen molar-refractivity contribution >= 4 is 0 Å². The summed E-state index contributed by atoms with van der Waals surface area (Å²) in [6, 6.07) is 0. The lowest BCUT2D eigenvalue weighted by molar-refractivity contribution is -0.264. The van der Waals surface area contributed by atoms with Gasteiger partial charge in [0, 0.05) is 0 Å². The minimum Gasteiger partial charge on any atom is -0.395 e. The fourth-order valence-corrected chi connectivity index (χ4v) is 2.61. The molecular weight excluding hydrogens is 228 g/mol. The van der Waals surface area contributed by atoms with Gasteiger partial charge in [0.2, 0.25) is 5.79 Å². The van der Waals surface area contributed by atoms with Crippen molar-refractivity contribution in [2.75, 3.05) is 19.8 Å². The average Bonchev–Trinajstić information content (AvgIpc) is 2.86. The highest BCUT2D eigenvalue weighted by molar-refractivity contribution is 5.26. The summed E-state index contributed by atoms with van der Waals surface area (Å²) in [6.07, 6.45) is -1.72. The van der Waals surface area contributed by atoms with E-state index in [1.807, 2.05) is 6.92 Å². The van der Waals surface area contributed by atoms with Crippen LogP contribution in [0.1, 0.15) is 19.8 Å². The zero-order valence-corrected chi connectivity index (χ0v) is 9.87. The molecule has 6 heteroatoms. The first-order valence-corrected chi connectivity index (χ1v) is 5.99. The van der Waals surface area contributed by atoms with E-state index in [2.05, 4.69) is 0 Å². The standard InChI is InChI=1S/C11H20O6/c1-2-3-4-16-11-9(15)10(11,6-12)8(14)7(13)5-17-11/h7-9,12-15H,2-6H2,1H3/t7-,8+,9+,10-,11+/m1/s1. The molecule has 1 saturated carbocycles. The second-order valence-corrected chi connectivity index (χ2v) is 4.79. The highest BCUT2D eigenvalue weighted by Gasteiger charge is 2.85. The molecule has 4 N–H and O–H groups in total. The van der Waals surface area contributed by atoms with Crippen molar-refractivity contribution in [1.29, 1.82) is 0 Å². The molecule has 100 valence electrons. The molecule has 2 rings (SSSR count). The third kappa shape index (κ3) is 1.56. The van der Waals surface area contributed by atoms with Crippen LogP contribution in [0.5, 0.6) is 0 Å². The number of ether oxygens (including phenoxy) is 2. The van der Waals surface area contributed by atoms with Crippen LogP contribution in [0, 0.1) is 5.41 Å². The topological polar surface area (TPSA) is 99.4 Å². The Hall–Kier alpha value is -0.240. The van der Waals surface area contributed by atoms with E-state index < -0.39 is 36.1 Å². The summed E-state index contributed by atoms with van der Waals surface area (Å²) in [5.41, 5.74) is -1.31. The van der Waals surface area contributed by atoms with E-state index in [1.54, 1.807) is 0 Å². The maximum absolute atomic E-state index is 9.93. The lowest BCUT2D eigenvalue weighted by Crippen LogP contribution is -2.51. The Morgan fingerprint density at radius 3 is 2.65 bits per heavy atom. The summed E-state index contributed by atoms with van der Waals surface area (Å²) < 4.78 is 10.8. The monoisotopic (exact) mass is 248 g/mol. The predicted molar refractivity (Wildman–Crippen MR) is 57.1 cm³/mol. The van der Waals surface area contributed by atoms with Crippen molar-refractivity contribution in [3.05, 3.63) is 0 Å². The fourth-order valence-electron chi connectivity index (χ4n) is 2.61. The van der Waals surface area contributed by atoms with Crippen LogP contribution in [0.3, 0.4) is 0 Å². The number of rotatable bonds is 5. The molecule has 1 aliphatic carbocycles. The van der Waals surface area contributed by atoms with E-state index in [0.29, 0.717) is 6.61 Å². The summed E-state index contributed by atoms with van der Waals surface area (Å²) in [7, 11) is 0. The molecule has 5 atom stereocenters. The first kappa shape index (κ1) is 13.2. The van der Waals surface area contributed by atoms with E-state index in [-0.39, 0.29) is 6.61 Å². The molecule has 6 nitrogen and oxygen atoms in total. The minimum absolute atomic E-state index is 0.105. The highest BCUT2D eigenvalue weighted by Crippen LogP contribution is 2.64. The fraction of sp³-hybridized carbons (Fsp3) is 1.00. The van der Waals surface area contributed by atoms with E-state index in [1.165, 1.54) is 0 Å². The Morgan fingerprint density at radius 2 is 2.06 bits per heavy atom. The smallest absolute Gasteiger partial charge is 0.208 e. The molecule has 0 amide bonds. The minimum atomic E-state index is -1.35. The van der Waals surface area contributed by atoms with Crippen molar-refractivity contribution in [1.82, 2.24) is 0 Å². The van der Waals surface area contributed by atoms with Crippen molar-refractivity contribution < 1.29 is 29.9 Å². The summed E-state index contributed by atoms with van der Waals surface area (Å²) in [5.74, 6) is -1.35. The molecule has 0 aromatic carbocycles. The molecule has 17 heavy (non-hydrogen) atoms. The van der Waals surface area contributed by atoms with Crippen LogP contribution in [0.15, 0.2) is 0 Å². The van der Waals surface area contributed by atoms with Gasteiger partial charge in [-0.1, -0.05) is 13.3 Å². The second-order valence-electron chi connectivity index (χ2n) is 4.79. The molecule has 0 spiro atoms. The largest absolute Gasteiger partial charge is 0.395 e. The number of aliphatic hydroxyl groups excluding tert-OH is 4. The van der Waals surface area contributed by atoms with Crippen molar-refractivity contribution in [3.8, 4) is 0 Å².